The lowest BCUT2D eigenvalue weighted by Crippen LogP contribution is -2.55. The fourth-order valence-corrected chi connectivity index (χ4v) is 7.98. The lowest BCUT2D eigenvalue weighted by atomic mass is 9.57. The molecule has 0 aromatic carbocycles. The molecule has 0 radical (unpaired) electrons. The van der Waals surface area contributed by atoms with Crippen LogP contribution >= 0.6 is 0 Å². The molecular formula is C25H40O6. The molecule has 1 saturated heterocycles. The number of carbonyl (C=O) groups excluding carboxylic acids is 2. The first-order chi connectivity index (χ1) is 14.7. The van der Waals surface area contributed by atoms with Crippen LogP contribution in [0.3, 0.4) is 0 Å². The third-order valence-electron chi connectivity index (χ3n) is 9.71. The highest BCUT2D eigenvalue weighted by atomic mass is 16.5. The zero-order valence-corrected chi connectivity index (χ0v) is 19.4. The van der Waals surface area contributed by atoms with Crippen molar-refractivity contribution < 1.29 is 29.3 Å². The van der Waals surface area contributed by atoms with Crippen LogP contribution in [0, 0.1) is 53.3 Å². The molecule has 4 aliphatic rings. The number of esters is 2. The molecule has 6 heteroatoms. The standard InChI is InChI=1S/C25H40O6/c1-12(5-9-19(27)30-4)16-7-8-17-21(13(2)14(3)24(17)29)23-18(26)11-15-6-10-20(28)31-25(15)22(16)23/h12-18,21-26,29H,5-11H2,1-4H3. The fourth-order valence-electron chi connectivity index (χ4n) is 7.98. The second-order valence-electron chi connectivity index (χ2n) is 11.0. The molecule has 3 saturated carbocycles. The normalized spacial score (nSPS) is 47.9. The molecule has 1 aliphatic heterocycles. The van der Waals surface area contributed by atoms with Crippen LogP contribution in [0.1, 0.15) is 65.7 Å². The second kappa shape index (κ2) is 9.01. The van der Waals surface area contributed by atoms with Gasteiger partial charge in [0.05, 0.1) is 19.3 Å². The third kappa shape index (κ3) is 4.03. The summed E-state index contributed by atoms with van der Waals surface area (Å²) in [5.74, 6) is 1.46. The van der Waals surface area contributed by atoms with Crippen LogP contribution in [0.15, 0.2) is 0 Å². The highest BCUT2D eigenvalue weighted by molar-refractivity contribution is 5.70. The minimum Gasteiger partial charge on any atom is -0.469 e. The molecule has 6 nitrogen and oxygen atoms in total. The van der Waals surface area contributed by atoms with Crippen LogP contribution in [0.4, 0.5) is 0 Å². The molecule has 4 rings (SSSR count). The first kappa shape index (κ1) is 23.0. The number of methoxy groups -OCH3 is 1. The van der Waals surface area contributed by atoms with Gasteiger partial charge in [-0.05, 0) is 79.4 Å². The zero-order valence-electron chi connectivity index (χ0n) is 19.4. The molecule has 1 heterocycles. The van der Waals surface area contributed by atoms with Gasteiger partial charge in [-0.15, -0.1) is 0 Å². The molecule has 0 aromatic rings. The largest absolute Gasteiger partial charge is 0.469 e. The van der Waals surface area contributed by atoms with Crippen molar-refractivity contribution >= 4 is 11.9 Å². The van der Waals surface area contributed by atoms with E-state index in [2.05, 4.69) is 20.8 Å². The van der Waals surface area contributed by atoms with Gasteiger partial charge in [-0.3, -0.25) is 9.59 Å². The Balaban J connectivity index is 1.69. The van der Waals surface area contributed by atoms with Crippen molar-refractivity contribution in [2.45, 2.75) is 84.0 Å². The molecule has 176 valence electrons. The van der Waals surface area contributed by atoms with Crippen LogP contribution in [-0.2, 0) is 19.1 Å². The number of ether oxygens (including phenoxy) is 2. The van der Waals surface area contributed by atoms with Crippen LogP contribution in [0.5, 0.6) is 0 Å². The maximum Gasteiger partial charge on any atom is 0.306 e. The summed E-state index contributed by atoms with van der Waals surface area (Å²) in [5, 5.41) is 22.5. The number of fused-ring (bicyclic) bond motifs is 5. The zero-order chi connectivity index (χ0) is 22.4. The molecule has 12 unspecified atom stereocenters. The van der Waals surface area contributed by atoms with Gasteiger partial charge in [-0.2, -0.15) is 0 Å². The first-order valence-corrected chi connectivity index (χ1v) is 12.4. The van der Waals surface area contributed by atoms with Gasteiger partial charge in [0.15, 0.2) is 0 Å². The second-order valence-corrected chi connectivity index (χ2v) is 11.0. The van der Waals surface area contributed by atoms with E-state index in [4.69, 9.17) is 9.47 Å². The number of hydrogen-bond acceptors (Lipinski definition) is 6. The highest BCUT2D eigenvalue weighted by Gasteiger charge is 2.60. The Morgan fingerprint density at radius 3 is 2.58 bits per heavy atom. The summed E-state index contributed by atoms with van der Waals surface area (Å²) >= 11 is 0. The summed E-state index contributed by atoms with van der Waals surface area (Å²) in [6.07, 6.45) is 3.96. The molecular weight excluding hydrogens is 396 g/mol. The van der Waals surface area contributed by atoms with E-state index in [0.29, 0.717) is 25.2 Å². The Labute approximate surface area is 186 Å². The van der Waals surface area contributed by atoms with Crippen LogP contribution in [0.25, 0.3) is 0 Å². The smallest absolute Gasteiger partial charge is 0.306 e. The van der Waals surface area contributed by atoms with Crippen LogP contribution in [0.2, 0.25) is 0 Å². The minimum atomic E-state index is -0.427. The number of aliphatic hydroxyl groups excluding tert-OH is 2. The van der Waals surface area contributed by atoms with E-state index < -0.39 is 6.10 Å². The fraction of sp³-hybridized carbons (Fsp3) is 0.920. The summed E-state index contributed by atoms with van der Waals surface area (Å²) < 4.78 is 10.9. The molecule has 4 fully saturated rings. The lowest BCUT2D eigenvalue weighted by molar-refractivity contribution is -0.188. The van der Waals surface area contributed by atoms with E-state index in [9.17, 15) is 19.8 Å². The van der Waals surface area contributed by atoms with Gasteiger partial charge < -0.3 is 19.7 Å². The average molecular weight is 437 g/mol. The van der Waals surface area contributed by atoms with E-state index in [1.54, 1.807) is 0 Å². The molecule has 31 heavy (non-hydrogen) atoms. The Morgan fingerprint density at radius 2 is 1.87 bits per heavy atom. The number of hydrogen-bond donors (Lipinski definition) is 2. The summed E-state index contributed by atoms with van der Waals surface area (Å²) in [6.45, 7) is 6.55. The molecule has 2 N–H and O–H groups in total. The summed E-state index contributed by atoms with van der Waals surface area (Å²) in [4.78, 5) is 24.1. The Bertz CT molecular complexity index is 679. The number of rotatable bonds is 4. The quantitative estimate of drug-likeness (QED) is 0.658. The molecule has 12 atom stereocenters. The van der Waals surface area contributed by atoms with Gasteiger partial charge in [-0.25, -0.2) is 0 Å². The summed E-state index contributed by atoms with van der Waals surface area (Å²) in [6, 6.07) is 0. The van der Waals surface area contributed by atoms with E-state index in [1.165, 1.54) is 7.11 Å². The van der Waals surface area contributed by atoms with Crippen LogP contribution in [-0.4, -0.2) is 47.6 Å². The van der Waals surface area contributed by atoms with Crippen molar-refractivity contribution in [3.8, 4) is 0 Å². The highest BCUT2D eigenvalue weighted by Crippen LogP contribution is 2.59. The lowest BCUT2D eigenvalue weighted by Gasteiger charge is -2.52. The number of aliphatic hydroxyl groups is 2. The number of carbonyl (C=O) groups is 2. The predicted molar refractivity (Wildman–Crippen MR) is 115 cm³/mol. The van der Waals surface area contributed by atoms with Gasteiger partial charge >= 0.3 is 11.9 Å². The topological polar surface area (TPSA) is 93.1 Å². The molecule has 0 aromatic heterocycles. The van der Waals surface area contributed by atoms with E-state index in [0.717, 1.165) is 25.7 Å². The van der Waals surface area contributed by atoms with Crippen molar-refractivity contribution in [3.05, 3.63) is 0 Å². The van der Waals surface area contributed by atoms with Crippen LogP contribution < -0.4 is 0 Å². The molecule has 3 aliphatic carbocycles. The summed E-state index contributed by atoms with van der Waals surface area (Å²) in [5.41, 5.74) is 0. The molecule has 0 spiro atoms. The predicted octanol–water partition coefficient (Wildman–Crippen LogP) is 3.18. The van der Waals surface area contributed by atoms with Gasteiger partial charge in [0.2, 0.25) is 0 Å². The van der Waals surface area contributed by atoms with Gasteiger partial charge in [-0.1, -0.05) is 20.8 Å². The average Bonchev–Trinajstić information content (AvgIpc) is 2.89. The van der Waals surface area contributed by atoms with Gasteiger partial charge in [0.1, 0.15) is 6.10 Å². The third-order valence-corrected chi connectivity index (χ3v) is 9.71. The Hall–Kier alpha value is -1.14. The minimum absolute atomic E-state index is 0.0276. The van der Waals surface area contributed by atoms with E-state index >= 15 is 0 Å². The van der Waals surface area contributed by atoms with E-state index in [1.807, 2.05) is 0 Å². The van der Waals surface area contributed by atoms with E-state index in [-0.39, 0.29) is 71.5 Å². The molecule has 0 amide bonds. The maximum atomic E-state index is 12.3. The maximum absolute atomic E-state index is 12.3. The molecule has 0 bridgehead atoms. The first-order valence-electron chi connectivity index (χ1n) is 12.4. The Kier molecular flexibility index (Phi) is 6.69. The van der Waals surface area contributed by atoms with Crippen molar-refractivity contribution in [1.82, 2.24) is 0 Å². The summed E-state index contributed by atoms with van der Waals surface area (Å²) in [7, 11) is 1.42. The van der Waals surface area contributed by atoms with Crippen molar-refractivity contribution in [3.63, 3.8) is 0 Å². The monoisotopic (exact) mass is 436 g/mol. The SMILES string of the molecule is COC(=O)CCC(C)C1CCC2C(O)C(C)C(C)C2C2C(O)CC3CCC(=O)OC3C12. The van der Waals surface area contributed by atoms with Crippen molar-refractivity contribution in [1.29, 1.82) is 0 Å². The van der Waals surface area contributed by atoms with Crippen molar-refractivity contribution in [2.24, 2.45) is 53.3 Å². The Morgan fingerprint density at radius 1 is 1.13 bits per heavy atom. The van der Waals surface area contributed by atoms with Gasteiger partial charge in [0.25, 0.3) is 0 Å². The van der Waals surface area contributed by atoms with Gasteiger partial charge in [0, 0.05) is 18.8 Å². The van der Waals surface area contributed by atoms with Crippen molar-refractivity contribution in [2.75, 3.05) is 7.11 Å².